The Kier molecular flexibility index (Phi) is 5.40. The number of nitrogens with zero attached hydrogens (tertiary/aromatic N) is 1. The minimum absolute atomic E-state index is 0.0675. The quantitative estimate of drug-likeness (QED) is 0.763. The van der Waals surface area contributed by atoms with Gasteiger partial charge in [0, 0.05) is 6.54 Å². The van der Waals surface area contributed by atoms with Crippen LogP contribution in [0.3, 0.4) is 0 Å². The SMILES string of the molecule is COC(=O)[C@H]1CCCN1CCC=C1c2ccccc2CCc2ccccc21. The number of hydrogen-bond acceptors (Lipinski definition) is 3. The summed E-state index contributed by atoms with van der Waals surface area (Å²) in [5.41, 5.74) is 6.90. The van der Waals surface area contributed by atoms with Crippen molar-refractivity contribution in [3.63, 3.8) is 0 Å². The van der Waals surface area contributed by atoms with Crippen LogP contribution in [-0.4, -0.2) is 37.1 Å². The van der Waals surface area contributed by atoms with Crippen molar-refractivity contribution in [2.75, 3.05) is 20.2 Å². The molecule has 1 aliphatic heterocycles. The second kappa shape index (κ2) is 8.10. The first-order chi connectivity index (χ1) is 13.3. The number of rotatable bonds is 4. The first-order valence-corrected chi connectivity index (χ1v) is 9.96. The average Bonchev–Trinajstić information content (AvgIpc) is 3.12. The Morgan fingerprint density at radius 2 is 1.70 bits per heavy atom. The summed E-state index contributed by atoms with van der Waals surface area (Å²) in [5.74, 6) is -0.0923. The summed E-state index contributed by atoms with van der Waals surface area (Å²) in [6.07, 6.45) is 7.46. The molecule has 0 spiro atoms. The first kappa shape index (κ1) is 18.0. The van der Waals surface area contributed by atoms with Gasteiger partial charge in [0.15, 0.2) is 0 Å². The van der Waals surface area contributed by atoms with E-state index in [0.29, 0.717) is 0 Å². The van der Waals surface area contributed by atoms with Gasteiger partial charge >= 0.3 is 5.97 Å². The van der Waals surface area contributed by atoms with Crippen LogP contribution >= 0.6 is 0 Å². The second-order valence-corrected chi connectivity index (χ2v) is 7.44. The van der Waals surface area contributed by atoms with Gasteiger partial charge in [0.1, 0.15) is 6.04 Å². The highest BCUT2D eigenvalue weighted by Gasteiger charge is 2.30. The Labute approximate surface area is 161 Å². The van der Waals surface area contributed by atoms with Crippen molar-refractivity contribution in [2.45, 2.75) is 38.1 Å². The summed E-state index contributed by atoms with van der Waals surface area (Å²) in [4.78, 5) is 14.3. The van der Waals surface area contributed by atoms with Crippen LogP contribution in [0.1, 0.15) is 41.5 Å². The molecule has 2 aliphatic rings. The molecule has 0 unspecified atom stereocenters. The number of hydrogen-bond donors (Lipinski definition) is 0. The van der Waals surface area contributed by atoms with Crippen LogP contribution in [0.25, 0.3) is 5.57 Å². The van der Waals surface area contributed by atoms with Crippen molar-refractivity contribution in [1.29, 1.82) is 0 Å². The number of esters is 1. The number of carbonyl (C=O) groups is 1. The van der Waals surface area contributed by atoms with Crippen molar-refractivity contribution in [3.05, 3.63) is 76.9 Å². The van der Waals surface area contributed by atoms with E-state index < -0.39 is 0 Å². The van der Waals surface area contributed by atoms with Crippen molar-refractivity contribution < 1.29 is 9.53 Å². The van der Waals surface area contributed by atoms with E-state index >= 15 is 0 Å². The predicted molar refractivity (Wildman–Crippen MR) is 109 cm³/mol. The van der Waals surface area contributed by atoms with E-state index in [2.05, 4.69) is 59.5 Å². The lowest BCUT2D eigenvalue weighted by Crippen LogP contribution is -2.37. The van der Waals surface area contributed by atoms with Gasteiger partial charge in [-0.1, -0.05) is 54.6 Å². The third-order valence-electron chi connectivity index (χ3n) is 5.88. The van der Waals surface area contributed by atoms with Crippen LogP contribution in [-0.2, 0) is 22.4 Å². The van der Waals surface area contributed by atoms with Gasteiger partial charge < -0.3 is 4.74 Å². The van der Waals surface area contributed by atoms with Crippen LogP contribution in [0, 0.1) is 0 Å². The van der Waals surface area contributed by atoms with E-state index in [4.69, 9.17) is 4.74 Å². The minimum Gasteiger partial charge on any atom is -0.468 e. The molecule has 1 atom stereocenters. The molecule has 1 heterocycles. The minimum atomic E-state index is -0.0923. The van der Waals surface area contributed by atoms with Gasteiger partial charge in [0.25, 0.3) is 0 Å². The molecule has 1 fully saturated rings. The van der Waals surface area contributed by atoms with Crippen LogP contribution < -0.4 is 0 Å². The van der Waals surface area contributed by atoms with Crippen molar-refractivity contribution in [2.24, 2.45) is 0 Å². The molecule has 0 radical (unpaired) electrons. The van der Waals surface area contributed by atoms with Gasteiger partial charge in [-0.15, -0.1) is 0 Å². The maximum absolute atomic E-state index is 12.0. The molecule has 3 heteroatoms. The Bertz CT molecular complexity index is 805. The van der Waals surface area contributed by atoms with E-state index in [1.807, 2.05) is 0 Å². The number of benzene rings is 2. The molecule has 0 aromatic heterocycles. The summed E-state index contributed by atoms with van der Waals surface area (Å²) < 4.78 is 4.97. The highest BCUT2D eigenvalue weighted by atomic mass is 16.5. The zero-order valence-corrected chi connectivity index (χ0v) is 16.0. The monoisotopic (exact) mass is 361 g/mol. The second-order valence-electron chi connectivity index (χ2n) is 7.44. The number of ether oxygens (including phenoxy) is 1. The molecule has 0 bridgehead atoms. The highest BCUT2D eigenvalue weighted by molar-refractivity contribution is 5.84. The van der Waals surface area contributed by atoms with Gasteiger partial charge in [0.2, 0.25) is 0 Å². The maximum atomic E-state index is 12.0. The molecule has 0 amide bonds. The molecular weight excluding hydrogens is 334 g/mol. The summed E-state index contributed by atoms with van der Waals surface area (Å²) >= 11 is 0. The molecule has 0 N–H and O–H groups in total. The molecule has 2 aromatic rings. The standard InChI is InChI=1S/C24H27NO2/c1-27-24(26)23-13-7-17-25(23)16-6-12-22-20-10-4-2-8-18(20)14-15-19-9-3-5-11-21(19)22/h2-5,8-12,23H,6-7,13-17H2,1H3/t23-/m1/s1. The average molecular weight is 361 g/mol. The molecule has 140 valence electrons. The summed E-state index contributed by atoms with van der Waals surface area (Å²) in [6.45, 7) is 1.88. The number of carbonyl (C=O) groups excluding carboxylic acids is 1. The third kappa shape index (κ3) is 3.70. The first-order valence-electron chi connectivity index (χ1n) is 9.96. The van der Waals surface area contributed by atoms with Crippen LogP contribution in [0.5, 0.6) is 0 Å². The van der Waals surface area contributed by atoms with Crippen LogP contribution in [0.15, 0.2) is 54.6 Å². The Morgan fingerprint density at radius 3 is 2.33 bits per heavy atom. The van der Waals surface area contributed by atoms with E-state index in [0.717, 1.165) is 45.2 Å². The normalized spacial score (nSPS) is 19.1. The fourth-order valence-corrected chi connectivity index (χ4v) is 4.51. The molecule has 1 saturated heterocycles. The molecule has 1 aliphatic carbocycles. The summed E-state index contributed by atoms with van der Waals surface area (Å²) in [7, 11) is 1.49. The smallest absolute Gasteiger partial charge is 0.323 e. The van der Waals surface area contributed by atoms with Crippen molar-refractivity contribution in [3.8, 4) is 0 Å². The lowest BCUT2D eigenvalue weighted by molar-refractivity contribution is -0.145. The topological polar surface area (TPSA) is 29.5 Å². The van der Waals surface area contributed by atoms with Crippen LogP contribution in [0.2, 0.25) is 0 Å². The molecule has 0 saturated carbocycles. The molecule has 4 rings (SSSR count). The molecule has 3 nitrogen and oxygen atoms in total. The summed E-state index contributed by atoms with van der Waals surface area (Å²) in [6, 6.07) is 17.5. The van der Waals surface area contributed by atoms with Crippen molar-refractivity contribution >= 4 is 11.5 Å². The van der Waals surface area contributed by atoms with Gasteiger partial charge in [-0.2, -0.15) is 0 Å². The Balaban J connectivity index is 1.60. The van der Waals surface area contributed by atoms with Gasteiger partial charge in [-0.05, 0) is 66.5 Å². The molecule has 2 aromatic carbocycles. The lowest BCUT2D eigenvalue weighted by Gasteiger charge is -2.21. The van der Waals surface area contributed by atoms with E-state index in [9.17, 15) is 4.79 Å². The van der Waals surface area contributed by atoms with Crippen LogP contribution in [0.4, 0.5) is 0 Å². The largest absolute Gasteiger partial charge is 0.468 e. The Morgan fingerprint density at radius 1 is 1.07 bits per heavy atom. The maximum Gasteiger partial charge on any atom is 0.323 e. The fourth-order valence-electron chi connectivity index (χ4n) is 4.51. The Hall–Kier alpha value is -2.39. The van der Waals surface area contributed by atoms with E-state index in [-0.39, 0.29) is 12.0 Å². The zero-order chi connectivity index (χ0) is 18.6. The number of likely N-dealkylation sites (tertiary alicyclic amines) is 1. The van der Waals surface area contributed by atoms with Crippen molar-refractivity contribution in [1.82, 2.24) is 4.90 Å². The zero-order valence-electron chi connectivity index (χ0n) is 16.0. The number of methoxy groups -OCH3 is 1. The fraction of sp³-hybridized carbons (Fsp3) is 0.375. The predicted octanol–water partition coefficient (Wildman–Crippen LogP) is 4.24. The van der Waals surface area contributed by atoms with Gasteiger partial charge in [0.05, 0.1) is 7.11 Å². The number of fused-ring (bicyclic) bond motifs is 2. The third-order valence-corrected chi connectivity index (χ3v) is 5.88. The van der Waals surface area contributed by atoms with E-state index in [1.54, 1.807) is 0 Å². The lowest BCUT2D eigenvalue weighted by atomic mass is 9.93. The van der Waals surface area contributed by atoms with E-state index in [1.165, 1.54) is 34.9 Å². The van der Waals surface area contributed by atoms with Gasteiger partial charge in [-0.25, -0.2) is 0 Å². The highest BCUT2D eigenvalue weighted by Crippen LogP contribution is 2.33. The number of aryl methyl sites for hydroxylation is 2. The van der Waals surface area contributed by atoms with Gasteiger partial charge in [-0.3, -0.25) is 9.69 Å². The molecule has 27 heavy (non-hydrogen) atoms. The summed E-state index contributed by atoms with van der Waals surface area (Å²) in [5, 5.41) is 0. The molecular formula is C24H27NO2.